The van der Waals surface area contributed by atoms with Gasteiger partial charge in [0.15, 0.2) is 0 Å². The van der Waals surface area contributed by atoms with Gasteiger partial charge in [-0.25, -0.2) is 0 Å². The van der Waals surface area contributed by atoms with Gasteiger partial charge in [0.2, 0.25) is 0 Å². The molecule has 0 aliphatic carbocycles. The van der Waals surface area contributed by atoms with Crippen LogP contribution in [0.1, 0.15) is 5.56 Å². The van der Waals surface area contributed by atoms with Crippen LogP contribution in [0.4, 0.5) is 10.5 Å². The molecule has 4 nitrogen and oxygen atoms in total. The standard InChI is InChI=1S/C17H10Cl4N2O2S/c18-9-4-5-13(21)14(6-9)22-8-23-16(24)15(26-17(23)25)7-10-11(19)2-1-3-12(10)20/h1-7,22H,8H2/b15-7+. The summed E-state index contributed by atoms with van der Waals surface area (Å²) < 4.78 is 0. The minimum absolute atomic E-state index is 0.0433. The van der Waals surface area contributed by atoms with E-state index in [1.165, 1.54) is 6.08 Å². The average Bonchev–Trinajstić information content (AvgIpc) is 2.86. The van der Waals surface area contributed by atoms with E-state index in [-0.39, 0.29) is 11.6 Å². The van der Waals surface area contributed by atoms with Crippen molar-refractivity contribution in [3.63, 3.8) is 0 Å². The van der Waals surface area contributed by atoms with Crippen LogP contribution >= 0.6 is 58.2 Å². The number of nitrogens with zero attached hydrogens (tertiary/aromatic N) is 1. The molecule has 1 heterocycles. The number of carbonyl (C=O) groups is 2. The van der Waals surface area contributed by atoms with E-state index in [4.69, 9.17) is 46.4 Å². The van der Waals surface area contributed by atoms with Gasteiger partial charge in [-0.2, -0.15) is 0 Å². The summed E-state index contributed by atoms with van der Waals surface area (Å²) >= 11 is 25.0. The van der Waals surface area contributed by atoms with Gasteiger partial charge < -0.3 is 5.32 Å². The number of anilines is 1. The van der Waals surface area contributed by atoms with E-state index in [2.05, 4.69) is 5.32 Å². The van der Waals surface area contributed by atoms with E-state index in [0.717, 1.165) is 16.7 Å². The van der Waals surface area contributed by atoms with Gasteiger partial charge in [0.25, 0.3) is 11.1 Å². The molecule has 0 spiro atoms. The lowest BCUT2D eigenvalue weighted by Gasteiger charge is -2.15. The second-order valence-electron chi connectivity index (χ2n) is 5.20. The van der Waals surface area contributed by atoms with Gasteiger partial charge in [-0.1, -0.05) is 52.5 Å². The zero-order valence-electron chi connectivity index (χ0n) is 12.9. The van der Waals surface area contributed by atoms with Gasteiger partial charge in [0.05, 0.1) is 22.3 Å². The molecule has 1 fully saturated rings. The third-order valence-corrected chi connectivity index (χ3v) is 5.64. The second-order valence-corrected chi connectivity index (χ2v) is 7.86. The molecule has 26 heavy (non-hydrogen) atoms. The van der Waals surface area contributed by atoms with Crippen LogP contribution in [0.2, 0.25) is 20.1 Å². The fourth-order valence-corrected chi connectivity index (χ4v) is 3.90. The Morgan fingerprint density at radius 3 is 2.38 bits per heavy atom. The van der Waals surface area contributed by atoms with Gasteiger partial charge in [0, 0.05) is 20.6 Å². The van der Waals surface area contributed by atoms with Crippen LogP contribution in [-0.4, -0.2) is 22.7 Å². The largest absolute Gasteiger partial charge is 0.366 e. The van der Waals surface area contributed by atoms with Crippen LogP contribution in [0.25, 0.3) is 6.08 Å². The highest BCUT2D eigenvalue weighted by Crippen LogP contribution is 2.35. The number of hydrogen-bond donors (Lipinski definition) is 1. The molecule has 0 atom stereocenters. The Morgan fingerprint density at radius 1 is 1.00 bits per heavy atom. The van der Waals surface area contributed by atoms with Crippen molar-refractivity contribution >= 4 is 81.1 Å². The molecule has 1 saturated heterocycles. The van der Waals surface area contributed by atoms with Crippen LogP contribution < -0.4 is 5.32 Å². The third kappa shape index (κ3) is 4.13. The Morgan fingerprint density at radius 2 is 1.69 bits per heavy atom. The van der Waals surface area contributed by atoms with Gasteiger partial charge >= 0.3 is 0 Å². The molecule has 1 aliphatic rings. The summed E-state index contributed by atoms with van der Waals surface area (Å²) in [5, 5.41) is 4.24. The number of benzene rings is 2. The first-order valence-corrected chi connectivity index (χ1v) is 9.58. The molecule has 2 aromatic rings. The Labute approximate surface area is 174 Å². The fourth-order valence-electron chi connectivity index (χ4n) is 2.21. The van der Waals surface area contributed by atoms with E-state index in [1.54, 1.807) is 36.4 Å². The maximum Gasteiger partial charge on any atom is 0.295 e. The lowest BCUT2D eigenvalue weighted by molar-refractivity contribution is -0.122. The minimum Gasteiger partial charge on any atom is -0.366 e. The molecule has 0 saturated carbocycles. The highest BCUT2D eigenvalue weighted by molar-refractivity contribution is 8.18. The summed E-state index contributed by atoms with van der Waals surface area (Å²) in [6.07, 6.45) is 1.52. The van der Waals surface area contributed by atoms with Gasteiger partial charge in [0.1, 0.15) is 0 Å². The maximum absolute atomic E-state index is 12.5. The molecule has 0 unspecified atom stereocenters. The van der Waals surface area contributed by atoms with Gasteiger partial charge in [-0.05, 0) is 48.2 Å². The van der Waals surface area contributed by atoms with Crippen molar-refractivity contribution in [2.45, 2.75) is 0 Å². The molecule has 3 rings (SSSR count). The number of rotatable bonds is 4. The number of imide groups is 1. The average molecular weight is 448 g/mol. The Balaban J connectivity index is 1.79. The minimum atomic E-state index is -0.443. The summed E-state index contributed by atoms with van der Waals surface area (Å²) in [5.74, 6) is -0.443. The summed E-state index contributed by atoms with van der Waals surface area (Å²) in [6.45, 7) is -0.0433. The van der Waals surface area contributed by atoms with Crippen molar-refractivity contribution < 1.29 is 9.59 Å². The lowest BCUT2D eigenvalue weighted by atomic mass is 10.2. The van der Waals surface area contributed by atoms with Crippen molar-refractivity contribution in [2.24, 2.45) is 0 Å². The molecule has 0 bridgehead atoms. The van der Waals surface area contributed by atoms with Gasteiger partial charge in [-0.3, -0.25) is 14.5 Å². The number of thioether (sulfide) groups is 1. The molecular weight excluding hydrogens is 438 g/mol. The van der Waals surface area contributed by atoms with Crippen LogP contribution in [0, 0.1) is 0 Å². The SMILES string of the molecule is O=C1S/C(=C/c2c(Cl)cccc2Cl)C(=O)N1CNc1cc(Cl)ccc1Cl. The maximum atomic E-state index is 12.5. The summed E-state index contributed by atoms with van der Waals surface area (Å²) in [5.41, 5.74) is 1.02. The Kier molecular flexibility index (Phi) is 6.05. The van der Waals surface area contributed by atoms with Crippen molar-refractivity contribution in [2.75, 3.05) is 12.0 Å². The Hall–Kier alpha value is -1.37. The van der Waals surface area contributed by atoms with Gasteiger partial charge in [-0.15, -0.1) is 0 Å². The van der Waals surface area contributed by atoms with Crippen LogP contribution in [0.15, 0.2) is 41.3 Å². The number of carbonyl (C=O) groups excluding carboxylic acids is 2. The predicted octanol–water partition coefficient (Wildman–Crippen LogP) is 6.41. The van der Waals surface area contributed by atoms with Crippen molar-refractivity contribution in [1.82, 2.24) is 4.90 Å². The van der Waals surface area contributed by atoms with Crippen LogP contribution in [0.3, 0.4) is 0 Å². The number of amides is 2. The number of halogens is 4. The highest BCUT2D eigenvalue weighted by Gasteiger charge is 2.35. The fraction of sp³-hybridized carbons (Fsp3) is 0.0588. The molecule has 2 amide bonds. The first-order chi connectivity index (χ1) is 12.4. The van der Waals surface area contributed by atoms with E-state index in [1.807, 2.05) is 0 Å². The summed E-state index contributed by atoms with van der Waals surface area (Å²) in [4.78, 5) is 26.0. The van der Waals surface area contributed by atoms with Crippen molar-refractivity contribution in [1.29, 1.82) is 0 Å². The third-order valence-electron chi connectivity index (χ3n) is 3.50. The Bertz CT molecular complexity index is 913. The van der Waals surface area contributed by atoms with E-state index < -0.39 is 11.1 Å². The van der Waals surface area contributed by atoms with E-state index >= 15 is 0 Å². The lowest BCUT2D eigenvalue weighted by Crippen LogP contribution is -2.33. The zero-order valence-corrected chi connectivity index (χ0v) is 16.8. The molecule has 0 aromatic heterocycles. The molecule has 2 aromatic carbocycles. The summed E-state index contributed by atoms with van der Waals surface area (Å²) in [7, 11) is 0. The second kappa shape index (κ2) is 8.11. The first kappa shape index (κ1) is 19.4. The molecule has 0 radical (unpaired) electrons. The van der Waals surface area contributed by atoms with E-state index in [0.29, 0.717) is 31.3 Å². The first-order valence-electron chi connectivity index (χ1n) is 7.25. The van der Waals surface area contributed by atoms with E-state index in [9.17, 15) is 9.59 Å². The monoisotopic (exact) mass is 446 g/mol. The quantitative estimate of drug-likeness (QED) is 0.550. The number of nitrogens with one attached hydrogen (secondary N) is 1. The highest BCUT2D eigenvalue weighted by atomic mass is 35.5. The number of hydrogen-bond acceptors (Lipinski definition) is 4. The molecule has 1 N–H and O–H groups in total. The predicted molar refractivity (Wildman–Crippen MR) is 109 cm³/mol. The normalized spacial score (nSPS) is 15.8. The molecule has 134 valence electrons. The zero-order chi connectivity index (χ0) is 18.8. The molecule has 9 heteroatoms. The summed E-state index contributed by atoms with van der Waals surface area (Å²) in [6, 6.07) is 9.90. The van der Waals surface area contributed by atoms with Crippen molar-refractivity contribution in [3.8, 4) is 0 Å². The van der Waals surface area contributed by atoms with Crippen LogP contribution in [-0.2, 0) is 4.79 Å². The molecule has 1 aliphatic heterocycles. The van der Waals surface area contributed by atoms with Crippen molar-refractivity contribution in [3.05, 3.63) is 67.0 Å². The van der Waals surface area contributed by atoms with Crippen LogP contribution in [0.5, 0.6) is 0 Å². The smallest absolute Gasteiger partial charge is 0.295 e. The topological polar surface area (TPSA) is 49.4 Å². The molecular formula is C17H10Cl4N2O2S.